The SMILES string of the molecule is NCC1(c2ccc(O)c(F)c2)CC(O)C1. The van der Waals surface area contributed by atoms with Crippen LogP contribution in [0.25, 0.3) is 0 Å². The predicted molar refractivity (Wildman–Crippen MR) is 54.0 cm³/mol. The number of phenols is 1. The van der Waals surface area contributed by atoms with Crippen molar-refractivity contribution in [1.82, 2.24) is 0 Å². The van der Waals surface area contributed by atoms with Crippen LogP contribution in [0.3, 0.4) is 0 Å². The number of phenolic OH excluding ortho intramolecular Hbond substituents is 1. The third kappa shape index (κ3) is 1.60. The summed E-state index contributed by atoms with van der Waals surface area (Å²) < 4.78 is 13.2. The van der Waals surface area contributed by atoms with Crippen LogP contribution >= 0.6 is 0 Å². The van der Waals surface area contributed by atoms with E-state index in [-0.39, 0.29) is 17.3 Å². The molecule has 2 rings (SSSR count). The van der Waals surface area contributed by atoms with Crippen molar-refractivity contribution in [2.24, 2.45) is 5.73 Å². The zero-order chi connectivity index (χ0) is 11.1. The van der Waals surface area contributed by atoms with Crippen LogP contribution in [-0.2, 0) is 5.41 Å². The highest BCUT2D eigenvalue weighted by Crippen LogP contribution is 2.43. The molecule has 0 aromatic heterocycles. The van der Waals surface area contributed by atoms with Crippen molar-refractivity contribution in [3.05, 3.63) is 29.6 Å². The van der Waals surface area contributed by atoms with Crippen LogP contribution in [-0.4, -0.2) is 22.9 Å². The quantitative estimate of drug-likeness (QED) is 0.680. The fourth-order valence-corrected chi connectivity index (χ4v) is 2.20. The number of benzene rings is 1. The second kappa shape index (κ2) is 3.47. The summed E-state index contributed by atoms with van der Waals surface area (Å²) in [6, 6.07) is 4.29. The minimum Gasteiger partial charge on any atom is -0.505 e. The average Bonchev–Trinajstić information content (AvgIpc) is 2.17. The van der Waals surface area contributed by atoms with Crippen LogP contribution in [0.15, 0.2) is 18.2 Å². The third-order valence-corrected chi connectivity index (χ3v) is 3.20. The molecule has 0 spiro atoms. The minimum absolute atomic E-state index is 0.312. The standard InChI is InChI=1S/C11H14FNO2/c12-9-3-7(1-2-10(9)15)11(6-13)4-8(14)5-11/h1-3,8,14-15H,4-6,13H2. The lowest BCUT2D eigenvalue weighted by atomic mass is 9.63. The van der Waals surface area contributed by atoms with E-state index in [0.29, 0.717) is 19.4 Å². The second-order valence-electron chi connectivity index (χ2n) is 4.21. The predicted octanol–water partition coefficient (Wildman–Crippen LogP) is 0.883. The van der Waals surface area contributed by atoms with E-state index in [2.05, 4.69) is 0 Å². The van der Waals surface area contributed by atoms with Gasteiger partial charge in [0.2, 0.25) is 0 Å². The number of halogens is 1. The molecule has 15 heavy (non-hydrogen) atoms. The summed E-state index contributed by atoms with van der Waals surface area (Å²) in [6.45, 7) is 0.383. The van der Waals surface area contributed by atoms with Crippen LogP contribution in [0.2, 0.25) is 0 Å². The Labute approximate surface area is 87.3 Å². The molecule has 1 aliphatic rings. The van der Waals surface area contributed by atoms with Crippen LogP contribution < -0.4 is 5.73 Å². The summed E-state index contributed by atoms with van der Waals surface area (Å²) in [6.07, 6.45) is 0.784. The summed E-state index contributed by atoms with van der Waals surface area (Å²) in [5, 5.41) is 18.4. The van der Waals surface area contributed by atoms with Crippen molar-refractivity contribution in [3.8, 4) is 5.75 Å². The molecule has 0 aliphatic heterocycles. The summed E-state index contributed by atoms with van der Waals surface area (Å²) in [7, 11) is 0. The van der Waals surface area contributed by atoms with Gasteiger partial charge in [0.1, 0.15) is 0 Å². The number of nitrogens with two attached hydrogens (primary N) is 1. The Morgan fingerprint density at radius 3 is 2.60 bits per heavy atom. The van der Waals surface area contributed by atoms with Gasteiger partial charge in [-0.05, 0) is 30.5 Å². The van der Waals surface area contributed by atoms with Gasteiger partial charge in [-0.25, -0.2) is 4.39 Å². The number of hydrogen-bond donors (Lipinski definition) is 3. The first-order valence-corrected chi connectivity index (χ1v) is 4.94. The van der Waals surface area contributed by atoms with Gasteiger partial charge >= 0.3 is 0 Å². The van der Waals surface area contributed by atoms with Crippen molar-refractivity contribution in [2.75, 3.05) is 6.54 Å². The first-order valence-electron chi connectivity index (χ1n) is 4.94. The van der Waals surface area contributed by atoms with Crippen LogP contribution in [0.4, 0.5) is 4.39 Å². The molecule has 3 nitrogen and oxygen atoms in total. The molecule has 0 amide bonds. The molecule has 0 unspecified atom stereocenters. The van der Waals surface area contributed by atoms with E-state index in [1.807, 2.05) is 0 Å². The van der Waals surface area contributed by atoms with Gasteiger partial charge in [-0.15, -0.1) is 0 Å². The molecular weight excluding hydrogens is 197 g/mol. The van der Waals surface area contributed by atoms with Gasteiger partial charge in [0, 0.05) is 12.0 Å². The van der Waals surface area contributed by atoms with Crippen molar-refractivity contribution in [1.29, 1.82) is 0 Å². The smallest absolute Gasteiger partial charge is 0.165 e. The molecule has 1 saturated carbocycles. The highest BCUT2D eigenvalue weighted by atomic mass is 19.1. The zero-order valence-electron chi connectivity index (χ0n) is 8.28. The van der Waals surface area contributed by atoms with Gasteiger partial charge in [-0.3, -0.25) is 0 Å². The third-order valence-electron chi connectivity index (χ3n) is 3.20. The lowest BCUT2D eigenvalue weighted by Crippen LogP contribution is -2.49. The summed E-state index contributed by atoms with van der Waals surface area (Å²) >= 11 is 0. The molecule has 1 aliphatic carbocycles. The van der Waals surface area contributed by atoms with Crippen LogP contribution in [0.1, 0.15) is 18.4 Å². The van der Waals surface area contributed by atoms with Crippen LogP contribution in [0.5, 0.6) is 5.75 Å². The van der Waals surface area contributed by atoms with E-state index in [4.69, 9.17) is 10.8 Å². The normalized spacial score (nSPS) is 29.9. The Morgan fingerprint density at radius 2 is 2.13 bits per heavy atom. The maximum Gasteiger partial charge on any atom is 0.165 e. The van der Waals surface area contributed by atoms with Gasteiger partial charge in [-0.1, -0.05) is 6.07 Å². The molecule has 82 valence electrons. The molecule has 0 radical (unpaired) electrons. The maximum atomic E-state index is 13.2. The topological polar surface area (TPSA) is 66.5 Å². The van der Waals surface area contributed by atoms with E-state index in [1.54, 1.807) is 6.07 Å². The molecule has 1 fully saturated rings. The van der Waals surface area contributed by atoms with Crippen molar-refractivity contribution in [2.45, 2.75) is 24.4 Å². The fraction of sp³-hybridized carbons (Fsp3) is 0.455. The van der Waals surface area contributed by atoms with Gasteiger partial charge in [0.25, 0.3) is 0 Å². The molecule has 1 aromatic carbocycles. The van der Waals surface area contributed by atoms with Gasteiger partial charge in [0.15, 0.2) is 11.6 Å². The first-order chi connectivity index (χ1) is 7.07. The van der Waals surface area contributed by atoms with E-state index in [9.17, 15) is 9.50 Å². The lowest BCUT2D eigenvalue weighted by Gasteiger charge is -2.45. The number of hydrogen-bond acceptors (Lipinski definition) is 3. The monoisotopic (exact) mass is 211 g/mol. The first kappa shape index (κ1) is 10.4. The van der Waals surface area contributed by atoms with Crippen molar-refractivity contribution < 1.29 is 14.6 Å². The Hall–Kier alpha value is -1.13. The average molecular weight is 211 g/mol. The molecule has 4 heteroatoms. The highest BCUT2D eigenvalue weighted by molar-refractivity contribution is 5.35. The van der Waals surface area contributed by atoms with Gasteiger partial charge in [-0.2, -0.15) is 0 Å². The molecule has 1 aromatic rings. The number of aliphatic hydroxyl groups is 1. The maximum absolute atomic E-state index is 13.2. The number of aliphatic hydroxyl groups excluding tert-OH is 1. The molecule has 0 bridgehead atoms. The molecule has 0 atom stereocenters. The summed E-state index contributed by atoms with van der Waals surface area (Å²) in [5.41, 5.74) is 6.10. The highest BCUT2D eigenvalue weighted by Gasteiger charge is 2.43. The Balaban J connectivity index is 2.32. The molecule has 0 heterocycles. The van der Waals surface area contributed by atoms with E-state index in [1.165, 1.54) is 12.1 Å². The Morgan fingerprint density at radius 1 is 1.47 bits per heavy atom. The Kier molecular flexibility index (Phi) is 2.40. The molecule has 0 saturated heterocycles. The van der Waals surface area contributed by atoms with Gasteiger partial charge in [0.05, 0.1) is 6.10 Å². The molecular formula is C11H14FNO2. The van der Waals surface area contributed by atoms with Crippen LogP contribution in [0, 0.1) is 5.82 Å². The fourth-order valence-electron chi connectivity index (χ4n) is 2.20. The van der Waals surface area contributed by atoms with E-state index < -0.39 is 5.82 Å². The zero-order valence-corrected chi connectivity index (χ0v) is 8.28. The molecule has 4 N–H and O–H groups in total. The summed E-state index contributed by atoms with van der Waals surface area (Å²) in [5.74, 6) is -0.993. The minimum atomic E-state index is -0.637. The van der Waals surface area contributed by atoms with Crippen molar-refractivity contribution >= 4 is 0 Å². The summed E-state index contributed by atoms with van der Waals surface area (Å²) in [4.78, 5) is 0. The number of rotatable bonds is 2. The van der Waals surface area contributed by atoms with Gasteiger partial charge < -0.3 is 15.9 Å². The van der Waals surface area contributed by atoms with E-state index >= 15 is 0 Å². The van der Waals surface area contributed by atoms with Crippen molar-refractivity contribution in [3.63, 3.8) is 0 Å². The lowest BCUT2D eigenvalue weighted by molar-refractivity contribution is 0.0220. The second-order valence-corrected chi connectivity index (χ2v) is 4.21. The Bertz CT molecular complexity index is 375. The van der Waals surface area contributed by atoms with E-state index in [0.717, 1.165) is 5.56 Å². The largest absolute Gasteiger partial charge is 0.505 e. The number of aromatic hydroxyl groups is 1.